The summed E-state index contributed by atoms with van der Waals surface area (Å²) in [4.78, 5) is 22.5. The zero-order chi connectivity index (χ0) is 10.6. The van der Waals surface area contributed by atoms with Gasteiger partial charge in [-0.25, -0.2) is 0 Å². The molecule has 1 rings (SSSR count). The molecule has 0 saturated heterocycles. The molecule has 76 valence electrons. The Morgan fingerprint density at radius 2 is 2.29 bits per heavy atom. The van der Waals surface area contributed by atoms with Crippen molar-refractivity contribution in [1.29, 1.82) is 0 Å². The third-order valence-corrected chi connectivity index (χ3v) is 1.81. The summed E-state index contributed by atoms with van der Waals surface area (Å²) >= 11 is 0. The van der Waals surface area contributed by atoms with Gasteiger partial charge in [-0.3, -0.25) is 14.7 Å². The average molecular weight is 195 g/mol. The molecule has 5 heteroatoms. The van der Waals surface area contributed by atoms with Crippen molar-refractivity contribution in [3.05, 3.63) is 18.0 Å². The lowest BCUT2D eigenvalue weighted by Gasteiger charge is -2.04. The first-order valence-electron chi connectivity index (χ1n) is 4.41. The van der Waals surface area contributed by atoms with Crippen molar-refractivity contribution in [2.45, 2.75) is 13.8 Å². The first kappa shape index (κ1) is 10.4. The van der Waals surface area contributed by atoms with E-state index in [-0.39, 0.29) is 24.2 Å². The van der Waals surface area contributed by atoms with Gasteiger partial charge in [-0.15, -0.1) is 0 Å². The first-order chi connectivity index (χ1) is 6.61. The molecular weight excluding hydrogens is 182 g/mol. The topological polar surface area (TPSA) is 74.8 Å². The fourth-order valence-corrected chi connectivity index (χ4v) is 0.849. The quantitative estimate of drug-likeness (QED) is 0.728. The Bertz CT molecular complexity index is 317. The van der Waals surface area contributed by atoms with Gasteiger partial charge in [-0.1, -0.05) is 13.8 Å². The Labute approximate surface area is 81.9 Å². The van der Waals surface area contributed by atoms with Gasteiger partial charge in [-0.2, -0.15) is 5.10 Å². The number of carbonyl (C=O) groups excluding carboxylic acids is 2. The summed E-state index contributed by atoms with van der Waals surface area (Å²) in [5.74, 6) is -0.355. The predicted molar refractivity (Wildman–Crippen MR) is 50.8 cm³/mol. The highest BCUT2D eigenvalue weighted by Gasteiger charge is 2.10. The van der Waals surface area contributed by atoms with E-state index in [1.165, 1.54) is 6.20 Å². The van der Waals surface area contributed by atoms with E-state index in [4.69, 9.17) is 0 Å². The maximum atomic E-state index is 11.3. The van der Waals surface area contributed by atoms with Crippen LogP contribution in [0.1, 0.15) is 24.3 Å². The Morgan fingerprint density at radius 3 is 2.79 bits per heavy atom. The molecule has 0 bridgehead atoms. The molecule has 1 heterocycles. The van der Waals surface area contributed by atoms with Crippen LogP contribution in [0, 0.1) is 5.92 Å². The molecule has 1 aromatic rings. The van der Waals surface area contributed by atoms with Crippen molar-refractivity contribution >= 4 is 11.7 Å². The van der Waals surface area contributed by atoms with E-state index in [9.17, 15) is 9.59 Å². The van der Waals surface area contributed by atoms with E-state index in [0.717, 1.165) is 0 Å². The molecule has 0 aliphatic heterocycles. The molecule has 0 saturated carbocycles. The number of ketones is 1. The molecule has 0 aliphatic rings. The van der Waals surface area contributed by atoms with Crippen LogP contribution in [0.25, 0.3) is 0 Å². The summed E-state index contributed by atoms with van der Waals surface area (Å²) in [6.45, 7) is 3.66. The number of hydrogen-bond donors (Lipinski definition) is 2. The van der Waals surface area contributed by atoms with Crippen LogP contribution in [-0.4, -0.2) is 28.4 Å². The zero-order valence-electron chi connectivity index (χ0n) is 8.20. The minimum Gasteiger partial charge on any atom is -0.344 e. The second-order valence-corrected chi connectivity index (χ2v) is 3.27. The number of nitrogens with zero attached hydrogens (tertiary/aromatic N) is 1. The van der Waals surface area contributed by atoms with Crippen molar-refractivity contribution in [2.24, 2.45) is 5.92 Å². The molecule has 14 heavy (non-hydrogen) atoms. The fraction of sp³-hybridized carbons (Fsp3) is 0.444. The van der Waals surface area contributed by atoms with E-state index < -0.39 is 0 Å². The molecular formula is C9H13N3O2. The summed E-state index contributed by atoms with van der Waals surface area (Å²) in [7, 11) is 0. The Kier molecular flexibility index (Phi) is 3.39. The number of hydrogen-bond acceptors (Lipinski definition) is 3. The normalized spacial score (nSPS) is 10.2. The summed E-state index contributed by atoms with van der Waals surface area (Å²) in [6.07, 6.45) is 1.49. The third kappa shape index (κ3) is 2.69. The van der Waals surface area contributed by atoms with Gasteiger partial charge in [0, 0.05) is 12.1 Å². The minimum absolute atomic E-state index is 0.0119. The van der Waals surface area contributed by atoms with E-state index in [0.29, 0.717) is 5.69 Å². The molecule has 0 radical (unpaired) electrons. The van der Waals surface area contributed by atoms with Gasteiger partial charge in [0.15, 0.2) is 5.78 Å². The number of H-pyrrole nitrogens is 1. The standard InChI is InChI=1S/C9H13N3O2/c1-6(2)8(13)5-10-9(14)7-3-4-11-12-7/h3-4,6H,5H2,1-2H3,(H,10,14)(H,11,12). The second-order valence-electron chi connectivity index (χ2n) is 3.27. The number of aromatic nitrogens is 2. The molecule has 1 aromatic heterocycles. The molecule has 0 fully saturated rings. The first-order valence-corrected chi connectivity index (χ1v) is 4.41. The smallest absolute Gasteiger partial charge is 0.269 e. The van der Waals surface area contributed by atoms with Gasteiger partial charge >= 0.3 is 0 Å². The summed E-state index contributed by atoms with van der Waals surface area (Å²) < 4.78 is 0. The number of nitrogens with one attached hydrogen (secondary N) is 2. The third-order valence-electron chi connectivity index (χ3n) is 1.81. The lowest BCUT2D eigenvalue weighted by Crippen LogP contribution is -2.31. The lowest BCUT2D eigenvalue weighted by atomic mass is 10.1. The minimum atomic E-state index is -0.309. The second kappa shape index (κ2) is 4.55. The SMILES string of the molecule is CC(C)C(=O)CNC(=O)c1ccn[nH]1. The van der Waals surface area contributed by atoms with E-state index in [2.05, 4.69) is 15.5 Å². The highest BCUT2D eigenvalue weighted by atomic mass is 16.2. The molecule has 2 N–H and O–H groups in total. The zero-order valence-corrected chi connectivity index (χ0v) is 8.20. The van der Waals surface area contributed by atoms with E-state index >= 15 is 0 Å². The number of Topliss-reactive ketones (excluding diaryl/α,β-unsaturated/α-hetero) is 1. The molecule has 1 amide bonds. The fourth-order valence-electron chi connectivity index (χ4n) is 0.849. The van der Waals surface area contributed by atoms with Crippen molar-refractivity contribution in [3.63, 3.8) is 0 Å². The molecule has 0 aliphatic carbocycles. The number of amides is 1. The van der Waals surface area contributed by atoms with Gasteiger partial charge in [0.25, 0.3) is 5.91 Å². The Balaban J connectivity index is 2.40. The van der Waals surface area contributed by atoms with Crippen LogP contribution in [0.15, 0.2) is 12.3 Å². The number of carbonyl (C=O) groups is 2. The molecule has 0 atom stereocenters. The van der Waals surface area contributed by atoms with Crippen molar-refractivity contribution in [1.82, 2.24) is 15.5 Å². The van der Waals surface area contributed by atoms with Crippen LogP contribution in [0.3, 0.4) is 0 Å². The van der Waals surface area contributed by atoms with Crippen LogP contribution in [0.5, 0.6) is 0 Å². The Morgan fingerprint density at radius 1 is 1.57 bits per heavy atom. The van der Waals surface area contributed by atoms with Crippen LogP contribution >= 0.6 is 0 Å². The number of aromatic amines is 1. The van der Waals surface area contributed by atoms with Crippen LogP contribution < -0.4 is 5.32 Å². The Hall–Kier alpha value is -1.65. The van der Waals surface area contributed by atoms with Crippen LogP contribution in [0.2, 0.25) is 0 Å². The van der Waals surface area contributed by atoms with E-state index in [1.54, 1.807) is 19.9 Å². The summed E-state index contributed by atoms with van der Waals surface area (Å²) in [5.41, 5.74) is 0.363. The predicted octanol–water partition coefficient (Wildman–Crippen LogP) is 0.365. The largest absolute Gasteiger partial charge is 0.344 e. The lowest BCUT2D eigenvalue weighted by molar-refractivity contribution is -0.120. The van der Waals surface area contributed by atoms with Gasteiger partial charge in [0.2, 0.25) is 0 Å². The van der Waals surface area contributed by atoms with Gasteiger partial charge in [-0.05, 0) is 6.07 Å². The van der Waals surface area contributed by atoms with Gasteiger partial charge in [0.05, 0.1) is 6.54 Å². The van der Waals surface area contributed by atoms with Crippen molar-refractivity contribution in [3.8, 4) is 0 Å². The molecule has 0 aromatic carbocycles. The highest BCUT2D eigenvalue weighted by molar-refractivity contribution is 5.95. The number of rotatable bonds is 4. The van der Waals surface area contributed by atoms with Crippen LogP contribution in [0.4, 0.5) is 0 Å². The summed E-state index contributed by atoms with van der Waals surface area (Å²) in [5, 5.41) is 8.66. The average Bonchev–Trinajstić information content (AvgIpc) is 2.66. The molecule has 0 spiro atoms. The van der Waals surface area contributed by atoms with Crippen molar-refractivity contribution < 1.29 is 9.59 Å². The van der Waals surface area contributed by atoms with Crippen LogP contribution in [-0.2, 0) is 4.79 Å². The summed E-state index contributed by atoms with van der Waals surface area (Å²) in [6, 6.07) is 1.55. The molecule has 5 nitrogen and oxygen atoms in total. The van der Waals surface area contributed by atoms with E-state index in [1.807, 2.05) is 0 Å². The highest BCUT2D eigenvalue weighted by Crippen LogP contribution is 1.94. The molecule has 0 unspecified atom stereocenters. The van der Waals surface area contributed by atoms with Crippen molar-refractivity contribution in [2.75, 3.05) is 6.54 Å². The monoisotopic (exact) mass is 195 g/mol. The van der Waals surface area contributed by atoms with Gasteiger partial charge in [0.1, 0.15) is 5.69 Å². The maximum absolute atomic E-state index is 11.3. The van der Waals surface area contributed by atoms with Gasteiger partial charge < -0.3 is 5.32 Å². The maximum Gasteiger partial charge on any atom is 0.269 e.